The standard InChI is InChI=1S/C10H19NO/c1-2-5-10(12)8-11-6-3-9(10)4-7-11/h9,12H,2-8H2,1H3/t10-/m0/s1. The summed E-state index contributed by atoms with van der Waals surface area (Å²) >= 11 is 0. The van der Waals surface area contributed by atoms with Crippen molar-refractivity contribution < 1.29 is 5.11 Å². The first-order valence-corrected chi connectivity index (χ1v) is 5.19. The van der Waals surface area contributed by atoms with E-state index >= 15 is 0 Å². The Kier molecular flexibility index (Phi) is 2.13. The Morgan fingerprint density at radius 2 is 2.08 bits per heavy atom. The lowest BCUT2D eigenvalue weighted by molar-refractivity contribution is -0.116. The molecule has 0 radical (unpaired) electrons. The number of aliphatic hydroxyl groups is 1. The maximum Gasteiger partial charge on any atom is 0.0802 e. The van der Waals surface area contributed by atoms with Crippen LogP contribution in [-0.2, 0) is 0 Å². The fourth-order valence-electron chi connectivity index (χ4n) is 2.86. The van der Waals surface area contributed by atoms with Gasteiger partial charge in [0.15, 0.2) is 0 Å². The Bertz CT molecular complexity index is 163. The summed E-state index contributed by atoms with van der Waals surface area (Å²) in [6.45, 7) is 5.54. The third-order valence-electron chi connectivity index (χ3n) is 3.53. The van der Waals surface area contributed by atoms with Crippen molar-refractivity contribution in [1.82, 2.24) is 4.90 Å². The Hall–Kier alpha value is -0.0800. The maximum absolute atomic E-state index is 10.3. The van der Waals surface area contributed by atoms with Crippen molar-refractivity contribution in [3.05, 3.63) is 0 Å². The molecule has 3 heterocycles. The molecule has 70 valence electrons. The summed E-state index contributed by atoms with van der Waals surface area (Å²) < 4.78 is 0. The molecule has 12 heavy (non-hydrogen) atoms. The fourth-order valence-corrected chi connectivity index (χ4v) is 2.86. The third-order valence-corrected chi connectivity index (χ3v) is 3.53. The van der Waals surface area contributed by atoms with Gasteiger partial charge in [0.2, 0.25) is 0 Å². The van der Waals surface area contributed by atoms with Gasteiger partial charge in [0.25, 0.3) is 0 Å². The molecule has 1 atom stereocenters. The van der Waals surface area contributed by atoms with Crippen molar-refractivity contribution in [3.63, 3.8) is 0 Å². The van der Waals surface area contributed by atoms with Crippen LogP contribution in [0.25, 0.3) is 0 Å². The van der Waals surface area contributed by atoms with Gasteiger partial charge in [0.05, 0.1) is 5.60 Å². The molecule has 3 fully saturated rings. The van der Waals surface area contributed by atoms with Crippen molar-refractivity contribution >= 4 is 0 Å². The van der Waals surface area contributed by atoms with Gasteiger partial charge < -0.3 is 10.0 Å². The first-order chi connectivity index (χ1) is 5.74. The molecule has 0 aliphatic carbocycles. The smallest absolute Gasteiger partial charge is 0.0802 e. The molecular weight excluding hydrogens is 150 g/mol. The summed E-state index contributed by atoms with van der Waals surface area (Å²) in [5, 5.41) is 10.3. The zero-order valence-corrected chi connectivity index (χ0v) is 7.92. The maximum atomic E-state index is 10.3. The van der Waals surface area contributed by atoms with E-state index in [4.69, 9.17) is 0 Å². The van der Waals surface area contributed by atoms with Crippen molar-refractivity contribution in [3.8, 4) is 0 Å². The molecule has 0 saturated carbocycles. The Morgan fingerprint density at radius 1 is 1.42 bits per heavy atom. The molecule has 0 aromatic carbocycles. The average Bonchev–Trinajstić information content (AvgIpc) is 2.05. The number of nitrogens with zero attached hydrogens (tertiary/aromatic N) is 1. The zero-order chi connectivity index (χ0) is 8.60. The number of fused-ring (bicyclic) bond motifs is 3. The third kappa shape index (κ3) is 1.27. The number of hydrogen-bond acceptors (Lipinski definition) is 2. The van der Waals surface area contributed by atoms with E-state index in [1.54, 1.807) is 0 Å². The normalized spacial score (nSPS) is 46.5. The number of piperidine rings is 3. The minimum absolute atomic E-state index is 0.328. The minimum atomic E-state index is -0.328. The molecule has 0 unspecified atom stereocenters. The second-order valence-corrected chi connectivity index (χ2v) is 4.40. The molecule has 2 bridgehead atoms. The second kappa shape index (κ2) is 3.00. The van der Waals surface area contributed by atoms with Crippen LogP contribution in [0.1, 0.15) is 32.6 Å². The highest BCUT2D eigenvalue weighted by atomic mass is 16.3. The monoisotopic (exact) mass is 169 g/mol. The van der Waals surface area contributed by atoms with Crippen LogP contribution in [0.3, 0.4) is 0 Å². The quantitative estimate of drug-likeness (QED) is 0.672. The van der Waals surface area contributed by atoms with Crippen LogP contribution >= 0.6 is 0 Å². The van der Waals surface area contributed by atoms with Gasteiger partial charge in [0, 0.05) is 6.54 Å². The topological polar surface area (TPSA) is 23.5 Å². The van der Waals surface area contributed by atoms with Gasteiger partial charge in [-0.2, -0.15) is 0 Å². The van der Waals surface area contributed by atoms with Crippen LogP contribution < -0.4 is 0 Å². The Labute approximate surface area is 74.6 Å². The van der Waals surface area contributed by atoms with Gasteiger partial charge in [-0.25, -0.2) is 0 Å². The van der Waals surface area contributed by atoms with Crippen LogP contribution in [0.4, 0.5) is 0 Å². The molecule has 3 saturated heterocycles. The number of rotatable bonds is 2. The largest absolute Gasteiger partial charge is 0.388 e. The predicted molar refractivity (Wildman–Crippen MR) is 49.0 cm³/mol. The SMILES string of the molecule is CCC[C@]1(O)CN2CCC1CC2. The lowest BCUT2D eigenvalue weighted by Gasteiger charge is -2.50. The van der Waals surface area contributed by atoms with Gasteiger partial charge in [-0.05, 0) is 38.3 Å². The lowest BCUT2D eigenvalue weighted by atomic mass is 9.73. The van der Waals surface area contributed by atoms with E-state index in [1.165, 1.54) is 25.9 Å². The van der Waals surface area contributed by atoms with Crippen LogP contribution in [-0.4, -0.2) is 35.2 Å². The fraction of sp³-hybridized carbons (Fsp3) is 1.00. The van der Waals surface area contributed by atoms with E-state index in [2.05, 4.69) is 11.8 Å². The summed E-state index contributed by atoms with van der Waals surface area (Å²) in [6, 6.07) is 0. The van der Waals surface area contributed by atoms with Crippen molar-refractivity contribution in [2.75, 3.05) is 19.6 Å². The molecule has 3 aliphatic rings. The van der Waals surface area contributed by atoms with E-state index in [9.17, 15) is 5.11 Å². The molecule has 3 rings (SSSR count). The minimum Gasteiger partial charge on any atom is -0.388 e. The second-order valence-electron chi connectivity index (χ2n) is 4.40. The Morgan fingerprint density at radius 3 is 2.50 bits per heavy atom. The molecule has 1 N–H and O–H groups in total. The molecule has 2 heteroatoms. The summed E-state index contributed by atoms with van der Waals surface area (Å²) in [6.07, 6.45) is 4.54. The molecule has 0 aromatic heterocycles. The van der Waals surface area contributed by atoms with Gasteiger partial charge in [-0.1, -0.05) is 13.3 Å². The zero-order valence-electron chi connectivity index (χ0n) is 7.92. The van der Waals surface area contributed by atoms with E-state index in [0.29, 0.717) is 5.92 Å². The summed E-state index contributed by atoms with van der Waals surface area (Å²) in [7, 11) is 0. The van der Waals surface area contributed by atoms with Crippen molar-refractivity contribution in [1.29, 1.82) is 0 Å². The number of hydrogen-bond donors (Lipinski definition) is 1. The molecule has 0 amide bonds. The predicted octanol–water partition coefficient (Wildman–Crippen LogP) is 1.24. The highest BCUT2D eigenvalue weighted by molar-refractivity contribution is 4.97. The molecular formula is C10H19NO. The van der Waals surface area contributed by atoms with Gasteiger partial charge in [0.1, 0.15) is 0 Å². The molecule has 0 aromatic rings. The summed E-state index contributed by atoms with van der Waals surface area (Å²) in [5.41, 5.74) is -0.328. The van der Waals surface area contributed by atoms with E-state index in [0.717, 1.165) is 19.4 Å². The van der Waals surface area contributed by atoms with Crippen LogP contribution in [0.15, 0.2) is 0 Å². The van der Waals surface area contributed by atoms with Crippen molar-refractivity contribution in [2.45, 2.75) is 38.2 Å². The van der Waals surface area contributed by atoms with Crippen molar-refractivity contribution in [2.24, 2.45) is 5.92 Å². The first kappa shape index (κ1) is 8.52. The van der Waals surface area contributed by atoms with Gasteiger partial charge in [-0.3, -0.25) is 0 Å². The summed E-state index contributed by atoms with van der Waals surface area (Å²) in [4.78, 5) is 2.41. The van der Waals surface area contributed by atoms with Crippen LogP contribution in [0, 0.1) is 5.92 Å². The lowest BCUT2D eigenvalue weighted by Crippen LogP contribution is -2.58. The van der Waals surface area contributed by atoms with E-state index in [-0.39, 0.29) is 5.60 Å². The molecule has 3 aliphatic heterocycles. The molecule has 0 spiro atoms. The van der Waals surface area contributed by atoms with Crippen LogP contribution in [0.5, 0.6) is 0 Å². The summed E-state index contributed by atoms with van der Waals surface area (Å²) in [5.74, 6) is 0.599. The molecule has 2 nitrogen and oxygen atoms in total. The van der Waals surface area contributed by atoms with Crippen LogP contribution in [0.2, 0.25) is 0 Å². The van der Waals surface area contributed by atoms with E-state index < -0.39 is 0 Å². The van der Waals surface area contributed by atoms with Gasteiger partial charge >= 0.3 is 0 Å². The first-order valence-electron chi connectivity index (χ1n) is 5.19. The Balaban J connectivity index is 2.06. The van der Waals surface area contributed by atoms with Gasteiger partial charge in [-0.15, -0.1) is 0 Å². The highest BCUT2D eigenvalue weighted by Gasteiger charge is 2.44. The average molecular weight is 169 g/mol. The highest BCUT2D eigenvalue weighted by Crippen LogP contribution is 2.38. The van der Waals surface area contributed by atoms with E-state index in [1.807, 2.05) is 0 Å².